The Morgan fingerprint density at radius 2 is 2.12 bits per heavy atom. The average molecular weight is 302 g/mol. The lowest BCUT2D eigenvalue weighted by Crippen LogP contribution is -1.86. The molecule has 0 amide bonds. The number of rotatable bonds is 4. The van der Waals surface area contributed by atoms with E-state index in [9.17, 15) is 0 Å². The summed E-state index contributed by atoms with van der Waals surface area (Å²) in [7, 11) is 0. The molecule has 0 spiro atoms. The third-order valence-corrected chi connectivity index (χ3v) is 3.00. The lowest BCUT2D eigenvalue weighted by Gasteiger charge is -1.95. The van der Waals surface area contributed by atoms with Crippen LogP contribution in [0.15, 0.2) is 28.8 Å². The molecule has 2 rings (SSSR count). The number of alkyl halides is 1. The first-order chi connectivity index (χ1) is 7.81. The van der Waals surface area contributed by atoms with E-state index in [0.29, 0.717) is 16.7 Å². The minimum Gasteiger partial charge on any atom is -0.339 e. The van der Waals surface area contributed by atoms with Gasteiger partial charge >= 0.3 is 0 Å². The molecule has 5 heteroatoms. The molecule has 0 atom stereocenters. The third-order valence-electron chi connectivity index (χ3n) is 2.11. The Bertz CT molecular complexity index is 473. The zero-order valence-corrected chi connectivity index (χ0v) is 10.8. The Balaban J connectivity index is 2.22. The molecule has 1 aromatic heterocycles. The predicted molar refractivity (Wildman–Crippen MR) is 66.9 cm³/mol. The number of aromatic nitrogens is 2. The highest BCUT2D eigenvalue weighted by molar-refractivity contribution is 9.09. The van der Waals surface area contributed by atoms with Crippen molar-refractivity contribution < 1.29 is 4.52 Å². The number of benzene rings is 1. The van der Waals surface area contributed by atoms with E-state index >= 15 is 0 Å². The molecule has 0 aliphatic heterocycles. The second kappa shape index (κ2) is 5.46. The average Bonchev–Trinajstić information content (AvgIpc) is 2.75. The summed E-state index contributed by atoms with van der Waals surface area (Å²) >= 11 is 9.40. The molecule has 16 heavy (non-hydrogen) atoms. The summed E-state index contributed by atoms with van der Waals surface area (Å²) in [4.78, 5) is 4.30. The van der Waals surface area contributed by atoms with Crippen molar-refractivity contribution in [2.75, 3.05) is 5.33 Å². The maximum Gasteiger partial charge on any atom is 0.226 e. The lowest BCUT2D eigenvalue weighted by molar-refractivity contribution is 0.378. The Labute approximate surface area is 107 Å². The minimum atomic E-state index is 0.551. The molecule has 0 saturated heterocycles. The summed E-state index contributed by atoms with van der Waals surface area (Å²) in [5, 5.41) is 5.48. The summed E-state index contributed by atoms with van der Waals surface area (Å²) in [5.74, 6) is 1.20. The van der Waals surface area contributed by atoms with Crippen LogP contribution in [-0.2, 0) is 6.42 Å². The molecule has 0 N–H and O–H groups in total. The van der Waals surface area contributed by atoms with E-state index in [1.165, 1.54) is 0 Å². The van der Waals surface area contributed by atoms with Crippen LogP contribution in [0, 0.1) is 0 Å². The van der Waals surface area contributed by atoms with Crippen LogP contribution in [0.5, 0.6) is 0 Å². The minimum absolute atomic E-state index is 0.551. The first kappa shape index (κ1) is 11.6. The molecule has 0 aliphatic carbocycles. The largest absolute Gasteiger partial charge is 0.339 e. The van der Waals surface area contributed by atoms with E-state index in [1.807, 2.05) is 24.3 Å². The van der Waals surface area contributed by atoms with Crippen molar-refractivity contribution in [3.8, 4) is 11.4 Å². The monoisotopic (exact) mass is 300 g/mol. The summed E-state index contributed by atoms with van der Waals surface area (Å²) in [5.41, 5.74) is 0.804. The zero-order chi connectivity index (χ0) is 11.4. The van der Waals surface area contributed by atoms with Crippen molar-refractivity contribution in [1.29, 1.82) is 0 Å². The fourth-order valence-corrected chi connectivity index (χ4v) is 1.83. The molecular weight excluding hydrogens is 291 g/mol. The van der Waals surface area contributed by atoms with E-state index in [4.69, 9.17) is 16.1 Å². The Morgan fingerprint density at radius 1 is 1.31 bits per heavy atom. The number of aryl methyl sites for hydroxylation is 1. The topological polar surface area (TPSA) is 38.9 Å². The summed E-state index contributed by atoms with van der Waals surface area (Å²) in [6.07, 6.45) is 1.76. The summed E-state index contributed by atoms with van der Waals surface area (Å²) < 4.78 is 5.14. The lowest BCUT2D eigenvalue weighted by atomic mass is 10.2. The Hall–Kier alpha value is -0.870. The second-order valence-corrected chi connectivity index (χ2v) is 4.48. The predicted octanol–water partition coefficient (Wildman–Crippen LogP) is 3.72. The number of halogens is 2. The van der Waals surface area contributed by atoms with Gasteiger partial charge in [-0.25, -0.2) is 0 Å². The third kappa shape index (κ3) is 2.62. The normalized spacial score (nSPS) is 10.6. The van der Waals surface area contributed by atoms with Gasteiger partial charge in [0.1, 0.15) is 0 Å². The van der Waals surface area contributed by atoms with Gasteiger partial charge in [0.05, 0.1) is 5.02 Å². The first-order valence-corrected chi connectivity index (χ1v) is 6.44. The zero-order valence-electron chi connectivity index (χ0n) is 8.49. The van der Waals surface area contributed by atoms with Gasteiger partial charge in [0.25, 0.3) is 0 Å². The van der Waals surface area contributed by atoms with Gasteiger partial charge < -0.3 is 4.52 Å². The molecule has 0 unspecified atom stereocenters. The highest BCUT2D eigenvalue weighted by Gasteiger charge is 2.10. The van der Waals surface area contributed by atoms with Crippen molar-refractivity contribution >= 4 is 27.5 Å². The molecule has 1 aromatic carbocycles. The van der Waals surface area contributed by atoms with Crippen LogP contribution >= 0.6 is 27.5 Å². The van der Waals surface area contributed by atoms with Gasteiger partial charge in [-0.2, -0.15) is 4.98 Å². The van der Waals surface area contributed by atoms with E-state index in [0.717, 1.165) is 23.7 Å². The molecule has 3 nitrogen and oxygen atoms in total. The van der Waals surface area contributed by atoms with Crippen molar-refractivity contribution in [1.82, 2.24) is 10.1 Å². The molecule has 0 saturated carbocycles. The number of nitrogens with zero attached hydrogens (tertiary/aromatic N) is 2. The van der Waals surface area contributed by atoms with Gasteiger partial charge in [-0.15, -0.1) is 0 Å². The standard InChI is InChI=1S/C11H10BrClN2O/c12-7-3-6-10-14-11(15-16-10)8-4-1-2-5-9(8)13/h1-2,4-5H,3,6-7H2. The van der Waals surface area contributed by atoms with Crippen molar-refractivity contribution in [3.63, 3.8) is 0 Å². The van der Waals surface area contributed by atoms with Gasteiger partial charge in [0, 0.05) is 17.3 Å². The fourth-order valence-electron chi connectivity index (χ4n) is 1.33. The SMILES string of the molecule is Clc1ccccc1-c1noc(CCCBr)n1. The van der Waals surface area contributed by atoms with Crippen LogP contribution in [0.3, 0.4) is 0 Å². The molecular formula is C11H10BrClN2O. The van der Waals surface area contributed by atoms with Crippen molar-refractivity contribution in [2.45, 2.75) is 12.8 Å². The first-order valence-electron chi connectivity index (χ1n) is 4.94. The highest BCUT2D eigenvalue weighted by Crippen LogP contribution is 2.24. The van der Waals surface area contributed by atoms with Gasteiger partial charge in [-0.05, 0) is 18.6 Å². The van der Waals surface area contributed by atoms with Crippen molar-refractivity contribution in [3.05, 3.63) is 35.2 Å². The summed E-state index contributed by atoms with van der Waals surface area (Å²) in [6, 6.07) is 7.46. The van der Waals surface area contributed by atoms with Crippen LogP contribution in [0.4, 0.5) is 0 Å². The molecule has 0 radical (unpaired) electrons. The quantitative estimate of drug-likeness (QED) is 0.808. The van der Waals surface area contributed by atoms with Gasteiger partial charge in [0.15, 0.2) is 0 Å². The van der Waals surface area contributed by atoms with E-state index in [2.05, 4.69) is 26.1 Å². The van der Waals surface area contributed by atoms with Crippen LogP contribution in [0.2, 0.25) is 5.02 Å². The van der Waals surface area contributed by atoms with Gasteiger partial charge in [-0.3, -0.25) is 0 Å². The van der Waals surface area contributed by atoms with Crippen LogP contribution in [0.1, 0.15) is 12.3 Å². The fraction of sp³-hybridized carbons (Fsp3) is 0.273. The number of hydrogen-bond donors (Lipinski definition) is 0. The second-order valence-electron chi connectivity index (χ2n) is 3.28. The van der Waals surface area contributed by atoms with Crippen molar-refractivity contribution in [2.24, 2.45) is 0 Å². The molecule has 0 bridgehead atoms. The van der Waals surface area contributed by atoms with Gasteiger partial charge in [0.2, 0.25) is 11.7 Å². The molecule has 84 valence electrons. The maximum atomic E-state index is 6.04. The van der Waals surface area contributed by atoms with Crippen LogP contribution in [-0.4, -0.2) is 15.5 Å². The molecule has 1 heterocycles. The van der Waals surface area contributed by atoms with Crippen LogP contribution in [0.25, 0.3) is 11.4 Å². The van der Waals surface area contributed by atoms with E-state index in [1.54, 1.807) is 0 Å². The molecule has 0 fully saturated rings. The summed E-state index contributed by atoms with van der Waals surface area (Å²) in [6.45, 7) is 0. The Kier molecular flexibility index (Phi) is 3.96. The number of hydrogen-bond acceptors (Lipinski definition) is 3. The van der Waals surface area contributed by atoms with Crippen LogP contribution < -0.4 is 0 Å². The molecule has 2 aromatic rings. The van der Waals surface area contributed by atoms with Gasteiger partial charge in [-0.1, -0.05) is 44.8 Å². The van der Waals surface area contributed by atoms with E-state index in [-0.39, 0.29) is 0 Å². The van der Waals surface area contributed by atoms with E-state index < -0.39 is 0 Å². The Morgan fingerprint density at radius 3 is 2.88 bits per heavy atom. The smallest absolute Gasteiger partial charge is 0.226 e. The highest BCUT2D eigenvalue weighted by atomic mass is 79.9. The molecule has 0 aliphatic rings. The maximum absolute atomic E-state index is 6.04.